The molecule has 14 heavy (non-hydrogen) atoms. The third-order valence-electron chi connectivity index (χ3n) is 4.45. The molecule has 0 aromatic rings. The molecule has 0 heterocycles. The van der Waals surface area contributed by atoms with E-state index in [1.807, 2.05) is 0 Å². The minimum absolute atomic E-state index is 0.123. The summed E-state index contributed by atoms with van der Waals surface area (Å²) in [6.45, 7) is 8.33. The maximum atomic E-state index is 10.9. The molecule has 0 spiro atoms. The molecule has 0 amide bonds. The van der Waals surface area contributed by atoms with Crippen LogP contribution in [0.25, 0.3) is 0 Å². The summed E-state index contributed by atoms with van der Waals surface area (Å²) >= 11 is 0. The number of fused-ring (bicyclic) bond motifs is 1. The Morgan fingerprint density at radius 1 is 1.43 bits per heavy atom. The summed E-state index contributed by atoms with van der Waals surface area (Å²) in [5.41, 5.74) is 0.513. The van der Waals surface area contributed by atoms with Gasteiger partial charge in [0.2, 0.25) is 0 Å². The van der Waals surface area contributed by atoms with E-state index in [0.29, 0.717) is 11.3 Å². The van der Waals surface area contributed by atoms with E-state index in [2.05, 4.69) is 20.8 Å². The first-order valence-corrected chi connectivity index (χ1v) is 5.64. The van der Waals surface area contributed by atoms with Crippen LogP contribution in [0.2, 0.25) is 0 Å². The molecule has 2 rings (SSSR count). The van der Waals surface area contributed by atoms with E-state index in [4.69, 9.17) is 4.74 Å². The molecule has 0 aromatic heterocycles. The fourth-order valence-corrected chi connectivity index (χ4v) is 3.38. The number of hydrogen-bond donors (Lipinski definition) is 0. The Labute approximate surface area is 86.0 Å². The van der Waals surface area contributed by atoms with Gasteiger partial charge in [0.15, 0.2) is 0 Å². The van der Waals surface area contributed by atoms with Crippen LogP contribution in [0.1, 0.15) is 40.5 Å². The quantitative estimate of drug-likeness (QED) is 0.635. The summed E-state index contributed by atoms with van der Waals surface area (Å²) in [6, 6.07) is 0. The van der Waals surface area contributed by atoms with Gasteiger partial charge >= 0.3 is 5.97 Å². The molecule has 0 aliphatic heterocycles. The van der Waals surface area contributed by atoms with Crippen LogP contribution in [0.4, 0.5) is 0 Å². The van der Waals surface area contributed by atoms with Crippen LogP contribution in [0.3, 0.4) is 0 Å². The van der Waals surface area contributed by atoms with Gasteiger partial charge in [0.05, 0.1) is 0 Å². The summed E-state index contributed by atoms with van der Waals surface area (Å²) in [4.78, 5) is 10.9. The highest BCUT2D eigenvalue weighted by Gasteiger charge is 2.65. The summed E-state index contributed by atoms with van der Waals surface area (Å²) in [5, 5.41) is 0. The largest absolute Gasteiger partial charge is 0.462 e. The van der Waals surface area contributed by atoms with Crippen LogP contribution < -0.4 is 0 Å². The van der Waals surface area contributed by atoms with Crippen molar-refractivity contribution in [2.24, 2.45) is 23.2 Å². The molecule has 4 atom stereocenters. The van der Waals surface area contributed by atoms with Crippen molar-refractivity contribution in [1.82, 2.24) is 0 Å². The predicted octanol–water partition coefficient (Wildman–Crippen LogP) is 2.62. The molecular weight excluding hydrogens is 176 g/mol. The number of hydrogen-bond acceptors (Lipinski definition) is 2. The molecular formula is C12H20O2. The molecule has 0 saturated heterocycles. The van der Waals surface area contributed by atoms with E-state index >= 15 is 0 Å². The minimum Gasteiger partial charge on any atom is -0.462 e. The second kappa shape index (κ2) is 2.98. The molecule has 0 unspecified atom stereocenters. The van der Waals surface area contributed by atoms with Crippen LogP contribution >= 0.6 is 0 Å². The van der Waals surface area contributed by atoms with E-state index in [1.54, 1.807) is 0 Å². The Morgan fingerprint density at radius 3 is 2.50 bits per heavy atom. The second-order valence-electron chi connectivity index (χ2n) is 5.41. The standard InChI is InChI=1S/C12H20O2/c1-7(2)12-5-10(12)8(3)11(6-12)14-9(4)13/h7-8,10-11H,5-6H2,1-4H3/t8-,10-,11+,12+/m0/s1. The Bertz CT molecular complexity index is 259. The van der Waals surface area contributed by atoms with Crippen molar-refractivity contribution < 1.29 is 9.53 Å². The minimum atomic E-state index is -0.123. The number of ether oxygens (including phenoxy) is 1. The monoisotopic (exact) mass is 196 g/mol. The zero-order chi connectivity index (χ0) is 10.5. The van der Waals surface area contributed by atoms with Crippen molar-refractivity contribution in [3.63, 3.8) is 0 Å². The maximum Gasteiger partial charge on any atom is 0.302 e. The molecule has 80 valence electrons. The van der Waals surface area contributed by atoms with Crippen molar-refractivity contribution in [2.45, 2.75) is 46.6 Å². The Balaban J connectivity index is 2.03. The highest BCUT2D eigenvalue weighted by atomic mass is 16.5. The van der Waals surface area contributed by atoms with E-state index in [-0.39, 0.29) is 12.1 Å². The molecule has 2 heteroatoms. The summed E-state index contributed by atoms with van der Waals surface area (Å²) in [6.07, 6.45) is 2.63. The average Bonchev–Trinajstić information content (AvgIpc) is 2.71. The third kappa shape index (κ3) is 1.27. The van der Waals surface area contributed by atoms with Crippen LogP contribution in [-0.2, 0) is 9.53 Å². The topological polar surface area (TPSA) is 26.3 Å². The summed E-state index contributed by atoms with van der Waals surface area (Å²) in [5.74, 6) is 1.99. The lowest BCUT2D eigenvalue weighted by atomic mass is 9.89. The van der Waals surface area contributed by atoms with E-state index < -0.39 is 0 Å². The predicted molar refractivity (Wildman–Crippen MR) is 54.7 cm³/mol. The van der Waals surface area contributed by atoms with E-state index in [9.17, 15) is 4.79 Å². The first kappa shape index (κ1) is 10.0. The number of rotatable bonds is 2. The Morgan fingerprint density at radius 2 is 2.07 bits per heavy atom. The highest BCUT2D eigenvalue weighted by Crippen LogP contribution is 2.69. The van der Waals surface area contributed by atoms with Gasteiger partial charge in [0.1, 0.15) is 6.10 Å². The van der Waals surface area contributed by atoms with Gasteiger partial charge in [-0.15, -0.1) is 0 Å². The van der Waals surface area contributed by atoms with Gasteiger partial charge < -0.3 is 4.74 Å². The van der Waals surface area contributed by atoms with Crippen molar-refractivity contribution in [2.75, 3.05) is 0 Å². The van der Waals surface area contributed by atoms with Crippen LogP contribution in [0.15, 0.2) is 0 Å². The number of carbonyl (C=O) groups excluding carboxylic acids is 1. The van der Waals surface area contributed by atoms with Gasteiger partial charge in [-0.2, -0.15) is 0 Å². The first-order valence-electron chi connectivity index (χ1n) is 5.64. The lowest BCUT2D eigenvalue weighted by molar-refractivity contribution is -0.148. The van der Waals surface area contributed by atoms with Gasteiger partial charge in [-0.05, 0) is 36.0 Å². The van der Waals surface area contributed by atoms with E-state index in [0.717, 1.165) is 18.3 Å². The van der Waals surface area contributed by atoms with Gasteiger partial charge in [-0.3, -0.25) is 4.79 Å². The lowest BCUT2D eigenvalue weighted by Gasteiger charge is -2.21. The highest BCUT2D eigenvalue weighted by molar-refractivity contribution is 5.66. The van der Waals surface area contributed by atoms with Crippen molar-refractivity contribution in [3.8, 4) is 0 Å². The van der Waals surface area contributed by atoms with Gasteiger partial charge in [0.25, 0.3) is 0 Å². The molecule has 0 radical (unpaired) electrons. The van der Waals surface area contributed by atoms with Crippen LogP contribution in [0.5, 0.6) is 0 Å². The molecule has 0 N–H and O–H groups in total. The second-order valence-corrected chi connectivity index (χ2v) is 5.41. The third-order valence-corrected chi connectivity index (χ3v) is 4.45. The Kier molecular flexibility index (Phi) is 2.13. The van der Waals surface area contributed by atoms with Crippen molar-refractivity contribution in [3.05, 3.63) is 0 Å². The molecule has 2 aliphatic rings. The van der Waals surface area contributed by atoms with Crippen LogP contribution in [0, 0.1) is 23.2 Å². The van der Waals surface area contributed by atoms with Gasteiger partial charge in [0, 0.05) is 6.92 Å². The van der Waals surface area contributed by atoms with Crippen molar-refractivity contribution in [1.29, 1.82) is 0 Å². The molecule has 2 saturated carbocycles. The van der Waals surface area contributed by atoms with Gasteiger partial charge in [-0.1, -0.05) is 20.8 Å². The van der Waals surface area contributed by atoms with Crippen molar-refractivity contribution >= 4 is 5.97 Å². The number of carbonyl (C=O) groups is 1. The lowest BCUT2D eigenvalue weighted by Crippen LogP contribution is -2.22. The fraction of sp³-hybridized carbons (Fsp3) is 0.917. The average molecular weight is 196 g/mol. The molecule has 2 fully saturated rings. The summed E-state index contributed by atoms with van der Waals surface area (Å²) < 4.78 is 5.36. The zero-order valence-electron chi connectivity index (χ0n) is 9.54. The summed E-state index contributed by atoms with van der Waals surface area (Å²) in [7, 11) is 0. The Hall–Kier alpha value is -0.530. The molecule has 0 bridgehead atoms. The first-order chi connectivity index (χ1) is 6.47. The van der Waals surface area contributed by atoms with E-state index in [1.165, 1.54) is 13.3 Å². The zero-order valence-corrected chi connectivity index (χ0v) is 9.54. The number of esters is 1. The maximum absolute atomic E-state index is 10.9. The molecule has 0 aromatic carbocycles. The smallest absolute Gasteiger partial charge is 0.302 e. The van der Waals surface area contributed by atoms with Crippen LogP contribution in [-0.4, -0.2) is 12.1 Å². The normalized spacial score (nSPS) is 45.1. The molecule has 2 nitrogen and oxygen atoms in total. The van der Waals surface area contributed by atoms with Gasteiger partial charge in [-0.25, -0.2) is 0 Å². The SMILES string of the molecule is CC(=O)O[C@@H]1C[C@@]2(C(C)C)C[C@H]2[C@@H]1C. The fourth-order valence-electron chi connectivity index (χ4n) is 3.38. The molecule has 2 aliphatic carbocycles.